The third-order valence-electron chi connectivity index (χ3n) is 6.47. The second-order valence-electron chi connectivity index (χ2n) is 9.17. The van der Waals surface area contributed by atoms with Crippen molar-refractivity contribution in [3.8, 4) is 22.5 Å². The van der Waals surface area contributed by atoms with E-state index in [1.54, 1.807) is 36.8 Å². The summed E-state index contributed by atoms with van der Waals surface area (Å²) in [4.78, 5) is 34.2. The topological polar surface area (TPSA) is 110 Å². The van der Waals surface area contributed by atoms with Gasteiger partial charge in [0.15, 0.2) is 0 Å². The fourth-order valence-corrected chi connectivity index (χ4v) is 4.57. The summed E-state index contributed by atoms with van der Waals surface area (Å²) in [5.41, 5.74) is 3.56. The Morgan fingerprint density at radius 1 is 1.05 bits per heavy atom. The van der Waals surface area contributed by atoms with Crippen LogP contribution in [0.1, 0.15) is 21.6 Å². The zero-order chi connectivity index (χ0) is 27.9. The quantitative estimate of drug-likeness (QED) is 0.328. The van der Waals surface area contributed by atoms with E-state index in [-0.39, 0.29) is 5.69 Å². The molecule has 0 unspecified atom stereocenters. The van der Waals surface area contributed by atoms with Crippen LogP contribution >= 0.6 is 0 Å². The van der Waals surface area contributed by atoms with Gasteiger partial charge in [-0.1, -0.05) is 6.07 Å². The van der Waals surface area contributed by atoms with Gasteiger partial charge in [0.2, 0.25) is 0 Å². The number of carbonyl (C=O) groups excluding carboxylic acids is 1. The highest BCUT2D eigenvalue weighted by molar-refractivity contribution is 6.03. The van der Waals surface area contributed by atoms with Gasteiger partial charge in [-0.15, -0.1) is 0 Å². The summed E-state index contributed by atoms with van der Waals surface area (Å²) in [5, 5.41) is 6.09. The molecule has 5 heterocycles. The number of benzene rings is 1. The molecule has 3 aromatic rings. The second kappa shape index (κ2) is 9.88. The molecule has 0 bridgehead atoms. The molecule has 6 rings (SSSR count). The van der Waals surface area contributed by atoms with Gasteiger partial charge in [0.25, 0.3) is 11.5 Å². The van der Waals surface area contributed by atoms with E-state index in [1.165, 1.54) is 0 Å². The first-order chi connectivity index (χ1) is 19.3. The molecule has 0 spiro atoms. The van der Waals surface area contributed by atoms with Crippen molar-refractivity contribution >= 4 is 23.1 Å². The lowest BCUT2D eigenvalue weighted by atomic mass is 9.98. The summed E-state index contributed by atoms with van der Waals surface area (Å²) in [5.74, 6) is 0.833. The largest absolute Gasteiger partial charge is 0.416 e. The van der Waals surface area contributed by atoms with Crippen LogP contribution in [0, 0.1) is 6.92 Å². The number of pyridine rings is 3. The smallest absolute Gasteiger partial charge is 0.369 e. The van der Waals surface area contributed by atoms with Gasteiger partial charge in [0.1, 0.15) is 17.3 Å². The van der Waals surface area contributed by atoms with E-state index in [4.69, 9.17) is 0 Å². The van der Waals surface area contributed by atoms with E-state index in [0.29, 0.717) is 30.1 Å². The first-order valence-corrected chi connectivity index (χ1v) is 12.3. The standard InChI is InChI=1S/C28H21F3N8O/c1-16-4-5-19(36-26(40)23-12-18(6-8-33-23)28(29,30)31)13-21(16)22-11-17-14-35-27(37-20-3-2-7-32-15-20)38-24(17)39-10-9-34-25(22)39/h2-8,11-15,34H,9-10H2,1H3,(H,36,40). The number of hydrogen-bond donors (Lipinski definition) is 2. The predicted octanol–water partition coefficient (Wildman–Crippen LogP) is 5.08. The highest BCUT2D eigenvalue weighted by atomic mass is 19.4. The van der Waals surface area contributed by atoms with Crippen LogP contribution in [0.25, 0.3) is 22.5 Å². The number of anilines is 2. The van der Waals surface area contributed by atoms with Gasteiger partial charge in [0.05, 0.1) is 17.4 Å². The number of aryl methyl sites for hydroxylation is 1. The van der Waals surface area contributed by atoms with Crippen LogP contribution in [0.2, 0.25) is 0 Å². The summed E-state index contributed by atoms with van der Waals surface area (Å²) in [6.45, 7) is 3.32. The Labute approximate surface area is 225 Å². The summed E-state index contributed by atoms with van der Waals surface area (Å²) in [7, 11) is 0. The van der Waals surface area contributed by atoms with Crippen molar-refractivity contribution in [2.45, 2.75) is 19.6 Å². The lowest BCUT2D eigenvalue weighted by molar-refractivity contribution is -0.137. The van der Waals surface area contributed by atoms with Crippen molar-refractivity contribution in [1.82, 2.24) is 24.5 Å². The Balaban J connectivity index is 1.37. The normalized spacial score (nSPS) is 13.2. The van der Waals surface area contributed by atoms with Crippen LogP contribution in [0.3, 0.4) is 0 Å². The third kappa shape index (κ3) is 4.86. The number of rotatable bonds is 4. The van der Waals surface area contributed by atoms with Crippen molar-refractivity contribution in [3.05, 3.63) is 95.8 Å². The number of amides is 1. The molecule has 12 heteroatoms. The van der Waals surface area contributed by atoms with E-state index >= 15 is 0 Å². The van der Waals surface area contributed by atoms with E-state index in [2.05, 4.69) is 40.1 Å². The first-order valence-electron chi connectivity index (χ1n) is 12.3. The first kappa shape index (κ1) is 25.2. The number of carbonyl (C=O) groups is 1. The maximum Gasteiger partial charge on any atom is 0.416 e. The fourth-order valence-electron chi connectivity index (χ4n) is 4.57. The Bertz CT molecular complexity index is 1780. The highest BCUT2D eigenvalue weighted by Crippen LogP contribution is 2.39. The Morgan fingerprint density at radius 3 is 2.73 bits per heavy atom. The van der Waals surface area contributed by atoms with E-state index in [1.807, 2.05) is 25.1 Å². The Morgan fingerprint density at radius 2 is 1.93 bits per heavy atom. The summed E-state index contributed by atoms with van der Waals surface area (Å²) < 4.78 is 41.4. The summed E-state index contributed by atoms with van der Waals surface area (Å²) >= 11 is 0. The van der Waals surface area contributed by atoms with Crippen molar-refractivity contribution < 1.29 is 18.0 Å². The van der Waals surface area contributed by atoms with Gasteiger partial charge in [-0.3, -0.25) is 14.8 Å². The minimum atomic E-state index is -4.58. The van der Waals surface area contributed by atoms with E-state index in [9.17, 15) is 18.0 Å². The van der Waals surface area contributed by atoms with E-state index < -0.39 is 17.6 Å². The molecule has 1 amide bonds. The predicted molar refractivity (Wildman–Crippen MR) is 142 cm³/mol. The molecule has 0 aliphatic carbocycles. The minimum Gasteiger partial charge on any atom is -0.369 e. The Hall–Kier alpha value is -5.13. The number of aromatic nitrogens is 5. The van der Waals surface area contributed by atoms with Gasteiger partial charge in [-0.05, 0) is 60.5 Å². The number of nitrogens with one attached hydrogen (secondary N) is 2. The zero-order valence-corrected chi connectivity index (χ0v) is 21.1. The summed E-state index contributed by atoms with van der Waals surface area (Å²) in [6, 6.07) is 12.5. The average Bonchev–Trinajstić information content (AvgIpc) is 3.45. The molecule has 0 saturated carbocycles. The molecule has 0 saturated heterocycles. The van der Waals surface area contributed by atoms with Gasteiger partial charge in [-0.25, -0.2) is 9.98 Å². The second-order valence-corrected chi connectivity index (χ2v) is 9.17. The van der Waals surface area contributed by atoms with Gasteiger partial charge in [0, 0.05) is 48.5 Å². The van der Waals surface area contributed by atoms with Crippen LogP contribution in [-0.2, 0) is 12.7 Å². The molecule has 0 atom stereocenters. The fraction of sp³-hybridized carbons (Fsp3) is 0.143. The molecule has 3 aliphatic heterocycles. The number of alkyl halides is 3. The number of nitrogens with zero attached hydrogens (tertiary/aromatic N) is 6. The molecule has 0 fully saturated rings. The number of hydrogen-bond acceptors (Lipinski definition) is 7. The lowest BCUT2D eigenvalue weighted by Gasteiger charge is -2.19. The van der Waals surface area contributed by atoms with Crippen molar-refractivity contribution in [2.75, 3.05) is 17.2 Å². The van der Waals surface area contributed by atoms with Gasteiger partial charge < -0.3 is 15.2 Å². The maximum absolute atomic E-state index is 13.1. The number of fused-ring (bicyclic) bond motifs is 3. The molecule has 9 nitrogen and oxygen atoms in total. The molecule has 2 N–H and O–H groups in total. The van der Waals surface area contributed by atoms with Crippen LogP contribution in [0.4, 0.5) is 30.4 Å². The molecular formula is C28H21F3N8O. The lowest BCUT2D eigenvalue weighted by Crippen LogP contribution is -2.17. The molecule has 200 valence electrons. The van der Waals surface area contributed by atoms with Crippen LogP contribution in [0.5, 0.6) is 0 Å². The SMILES string of the molecule is Cc1ccc(NC(=O)c2cc(C(F)(F)F)ccn2)cc1-c1cc2cnc(=Nc3cccnc3)nc-2n2c1NCC2. The average molecular weight is 543 g/mol. The molecule has 2 aromatic heterocycles. The number of halogens is 3. The van der Waals surface area contributed by atoms with Crippen molar-refractivity contribution in [1.29, 1.82) is 0 Å². The highest BCUT2D eigenvalue weighted by Gasteiger charge is 2.31. The molecule has 40 heavy (non-hydrogen) atoms. The monoisotopic (exact) mass is 542 g/mol. The molecule has 0 radical (unpaired) electrons. The minimum absolute atomic E-state index is 0.318. The van der Waals surface area contributed by atoms with Crippen LogP contribution < -0.4 is 16.3 Å². The molecular weight excluding hydrogens is 521 g/mol. The molecule has 1 aromatic carbocycles. The third-order valence-corrected chi connectivity index (χ3v) is 6.47. The summed E-state index contributed by atoms with van der Waals surface area (Å²) in [6.07, 6.45) is 1.41. The van der Waals surface area contributed by atoms with E-state index in [0.717, 1.165) is 52.2 Å². The zero-order valence-electron chi connectivity index (χ0n) is 21.1. The Kier molecular flexibility index (Phi) is 6.21. The van der Waals surface area contributed by atoms with Gasteiger partial charge >= 0.3 is 6.18 Å². The maximum atomic E-state index is 13.1. The van der Waals surface area contributed by atoms with Crippen molar-refractivity contribution in [2.24, 2.45) is 4.99 Å². The van der Waals surface area contributed by atoms with Crippen molar-refractivity contribution in [3.63, 3.8) is 0 Å². The molecule has 3 aliphatic rings. The van der Waals surface area contributed by atoms with Crippen LogP contribution in [0.15, 0.2) is 78.3 Å². The van der Waals surface area contributed by atoms with Gasteiger partial charge in [-0.2, -0.15) is 18.2 Å². The van der Waals surface area contributed by atoms with Crippen LogP contribution in [-0.4, -0.2) is 37.0 Å².